The lowest BCUT2D eigenvalue weighted by atomic mass is 9.87. The van der Waals surface area contributed by atoms with E-state index in [0.29, 0.717) is 11.5 Å². The van der Waals surface area contributed by atoms with Crippen molar-refractivity contribution in [2.24, 2.45) is 11.5 Å². The van der Waals surface area contributed by atoms with Gasteiger partial charge >= 0.3 is 0 Å². The van der Waals surface area contributed by atoms with E-state index < -0.39 is 0 Å². The first kappa shape index (κ1) is 18.3. The van der Waals surface area contributed by atoms with E-state index in [-0.39, 0.29) is 19.0 Å². The largest absolute Gasteiger partial charge is 0.388 e. The van der Waals surface area contributed by atoms with Crippen molar-refractivity contribution >= 4 is 0 Å². The summed E-state index contributed by atoms with van der Waals surface area (Å²) >= 11 is 0. The zero-order valence-electron chi connectivity index (χ0n) is 14.0. The fraction of sp³-hybridized carbons (Fsp3) is 0.263. The molecule has 25 heavy (non-hydrogen) atoms. The van der Waals surface area contributed by atoms with Crippen LogP contribution in [0.2, 0.25) is 0 Å². The minimum atomic E-state index is 0.128. The number of nitrogens with two attached hydrogens (primary N) is 2. The first-order valence-electron chi connectivity index (χ1n) is 7.96. The van der Waals surface area contributed by atoms with E-state index >= 15 is 0 Å². The molecule has 0 aliphatic carbocycles. The zero-order chi connectivity index (χ0) is 18.2. The van der Waals surface area contributed by atoms with Crippen LogP contribution in [0.1, 0.15) is 41.5 Å². The van der Waals surface area contributed by atoms with Crippen LogP contribution in [-0.2, 0) is 13.1 Å². The highest BCUT2D eigenvalue weighted by Crippen LogP contribution is 2.33. The van der Waals surface area contributed by atoms with Crippen molar-refractivity contribution in [3.63, 3.8) is 0 Å². The van der Waals surface area contributed by atoms with Gasteiger partial charge in [-0.1, -0.05) is 31.2 Å². The van der Waals surface area contributed by atoms with Crippen LogP contribution < -0.4 is 20.9 Å². The van der Waals surface area contributed by atoms with Crippen molar-refractivity contribution in [1.82, 2.24) is 0 Å². The van der Waals surface area contributed by atoms with Gasteiger partial charge in [0.05, 0.1) is 0 Å². The highest BCUT2D eigenvalue weighted by atomic mass is 16.5. The lowest BCUT2D eigenvalue weighted by molar-refractivity contribution is 0.499. The molecule has 0 amide bonds. The van der Waals surface area contributed by atoms with Crippen molar-refractivity contribution in [3.05, 3.63) is 58.7 Å². The molecule has 0 saturated heterocycles. The van der Waals surface area contributed by atoms with Crippen molar-refractivity contribution in [1.29, 1.82) is 10.5 Å². The van der Waals surface area contributed by atoms with Gasteiger partial charge in [-0.3, -0.25) is 0 Å². The second-order valence-corrected chi connectivity index (χ2v) is 5.49. The van der Waals surface area contributed by atoms with Crippen molar-refractivity contribution in [2.75, 3.05) is 0 Å². The van der Waals surface area contributed by atoms with E-state index in [2.05, 4.69) is 6.92 Å². The van der Waals surface area contributed by atoms with E-state index in [0.717, 1.165) is 28.7 Å². The third-order valence-corrected chi connectivity index (χ3v) is 4.13. The van der Waals surface area contributed by atoms with Crippen LogP contribution in [-0.4, -0.2) is 0 Å². The Morgan fingerprint density at radius 2 is 1.32 bits per heavy atom. The molecule has 0 unspecified atom stereocenters. The molecule has 0 atom stereocenters. The molecule has 0 heterocycles. The predicted octanol–water partition coefficient (Wildman–Crippen LogP) is 2.87. The summed E-state index contributed by atoms with van der Waals surface area (Å²) in [6.45, 7) is 2.66. The summed E-state index contributed by atoms with van der Waals surface area (Å²) in [5.41, 5.74) is 15.3. The van der Waals surface area contributed by atoms with E-state index in [1.807, 2.05) is 24.3 Å². The van der Waals surface area contributed by atoms with Gasteiger partial charge in [-0.15, -0.1) is 10.5 Å². The maximum atomic E-state index is 8.71. The van der Waals surface area contributed by atoms with E-state index in [1.165, 1.54) is 0 Å². The Labute approximate surface area is 147 Å². The summed E-state index contributed by atoms with van der Waals surface area (Å²) in [6.07, 6.45) is 4.22. The number of hydrogen-bond acceptors (Lipinski definition) is 6. The number of nitriles is 2. The third kappa shape index (κ3) is 4.07. The Morgan fingerprint density at radius 3 is 1.64 bits per heavy atom. The average Bonchev–Trinajstić information content (AvgIpc) is 2.64. The molecule has 0 saturated carbocycles. The molecule has 0 aliphatic heterocycles. The summed E-state index contributed by atoms with van der Waals surface area (Å²) in [7, 11) is 0. The van der Waals surface area contributed by atoms with Gasteiger partial charge < -0.3 is 20.9 Å². The molecule has 6 heteroatoms. The smallest absolute Gasteiger partial charge is 0.292 e. The van der Waals surface area contributed by atoms with Crippen molar-refractivity contribution in [3.8, 4) is 24.0 Å². The molecular formula is C19H20N4O2. The van der Waals surface area contributed by atoms with Crippen LogP contribution in [0.5, 0.6) is 11.5 Å². The van der Waals surface area contributed by atoms with Gasteiger partial charge in [-0.2, -0.15) is 0 Å². The molecule has 0 spiro atoms. The normalized spacial score (nSPS) is 10.2. The topological polar surface area (TPSA) is 118 Å². The SMILES string of the molecule is CCC(c1ccc(OC#N)c(CN)c1)c1ccc(OC#N)c(CN)c1. The number of nitrogens with zero attached hydrogens (tertiary/aromatic N) is 2. The summed E-state index contributed by atoms with van der Waals surface area (Å²) in [4.78, 5) is 0. The highest BCUT2D eigenvalue weighted by Gasteiger charge is 2.16. The maximum absolute atomic E-state index is 8.71. The van der Waals surface area contributed by atoms with Crippen LogP contribution in [0.25, 0.3) is 0 Å². The van der Waals surface area contributed by atoms with Gasteiger partial charge in [0.2, 0.25) is 0 Å². The Hall–Kier alpha value is -3.06. The molecule has 0 fully saturated rings. The van der Waals surface area contributed by atoms with Crippen LogP contribution in [0.15, 0.2) is 36.4 Å². The van der Waals surface area contributed by atoms with E-state index in [1.54, 1.807) is 24.6 Å². The standard InChI is InChI=1S/C19H20N4O2/c1-2-17(13-3-5-18(24-11-22)15(7-13)9-20)14-4-6-19(25-12-23)16(8-14)10-21/h3-8,17H,2,9-10,20-21H2,1H3. The molecule has 6 nitrogen and oxygen atoms in total. The number of rotatable bonds is 7. The van der Waals surface area contributed by atoms with Crippen LogP contribution in [0.3, 0.4) is 0 Å². The van der Waals surface area contributed by atoms with Crippen molar-refractivity contribution in [2.45, 2.75) is 32.4 Å². The van der Waals surface area contributed by atoms with Gasteiger partial charge in [0.25, 0.3) is 12.5 Å². The van der Waals surface area contributed by atoms with Gasteiger partial charge in [0, 0.05) is 30.1 Å². The molecule has 0 radical (unpaired) electrons. The lowest BCUT2D eigenvalue weighted by Crippen LogP contribution is -2.06. The Kier molecular flexibility index (Phi) is 6.36. The summed E-state index contributed by atoms with van der Waals surface area (Å²) in [6, 6.07) is 11.3. The van der Waals surface area contributed by atoms with Crippen LogP contribution >= 0.6 is 0 Å². The molecule has 2 aromatic carbocycles. The van der Waals surface area contributed by atoms with Gasteiger partial charge in [0.15, 0.2) is 0 Å². The minimum Gasteiger partial charge on any atom is -0.388 e. The van der Waals surface area contributed by atoms with Crippen LogP contribution in [0, 0.1) is 23.0 Å². The van der Waals surface area contributed by atoms with E-state index in [9.17, 15) is 0 Å². The molecule has 2 rings (SSSR count). The number of ether oxygens (including phenoxy) is 2. The lowest BCUT2D eigenvalue weighted by Gasteiger charge is -2.19. The average molecular weight is 336 g/mol. The molecule has 2 aromatic rings. The van der Waals surface area contributed by atoms with Crippen LogP contribution in [0.4, 0.5) is 0 Å². The first-order chi connectivity index (χ1) is 12.2. The maximum Gasteiger partial charge on any atom is 0.292 e. The Morgan fingerprint density at radius 1 is 0.880 bits per heavy atom. The number of benzene rings is 2. The first-order valence-corrected chi connectivity index (χ1v) is 7.96. The van der Waals surface area contributed by atoms with Crippen molar-refractivity contribution < 1.29 is 9.47 Å². The summed E-state index contributed by atoms with van der Waals surface area (Å²) in [5.74, 6) is 1.08. The second-order valence-electron chi connectivity index (χ2n) is 5.49. The molecule has 0 aromatic heterocycles. The molecule has 0 aliphatic rings. The Bertz CT molecular complexity index is 754. The Balaban J connectivity index is 2.43. The molecular weight excluding hydrogens is 316 g/mol. The summed E-state index contributed by atoms with van der Waals surface area (Å²) < 4.78 is 9.89. The number of hydrogen-bond donors (Lipinski definition) is 2. The molecule has 128 valence electrons. The molecule has 4 N–H and O–H groups in total. The third-order valence-electron chi connectivity index (χ3n) is 4.13. The van der Waals surface area contributed by atoms with E-state index in [4.69, 9.17) is 31.5 Å². The zero-order valence-corrected chi connectivity index (χ0v) is 14.0. The fourth-order valence-electron chi connectivity index (χ4n) is 2.91. The van der Waals surface area contributed by atoms with Gasteiger partial charge in [-0.05, 0) is 29.7 Å². The predicted molar refractivity (Wildman–Crippen MR) is 93.3 cm³/mol. The van der Waals surface area contributed by atoms with Gasteiger partial charge in [0.1, 0.15) is 11.5 Å². The second kappa shape index (κ2) is 8.70. The van der Waals surface area contributed by atoms with Gasteiger partial charge in [-0.25, -0.2) is 0 Å². The minimum absolute atomic E-state index is 0.128. The molecule has 0 bridgehead atoms. The summed E-state index contributed by atoms with van der Waals surface area (Å²) in [5, 5.41) is 17.4. The highest BCUT2D eigenvalue weighted by molar-refractivity contribution is 5.45. The monoisotopic (exact) mass is 336 g/mol. The fourth-order valence-corrected chi connectivity index (χ4v) is 2.91. The quantitative estimate of drug-likeness (QED) is 0.751.